The Morgan fingerprint density at radius 2 is 1.60 bits per heavy atom. The van der Waals surface area contributed by atoms with Crippen LogP contribution in [-0.2, 0) is 13.0 Å². The normalized spacial score (nSPS) is 12.2. The Morgan fingerprint density at radius 1 is 0.960 bits per heavy atom. The summed E-state index contributed by atoms with van der Waals surface area (Å²) in [5.74, 6) is 0.950. The highest BCUT2D eigenvalue weighted by Crippen LogP contribution is 2.22. The smallest absolute Gasteiger partial charge is 0.315 e. The van der Waals surface area contributed by atoms with Crippen molar-refractivity contribution < 1.29 is 4.79 Å². The molecule has 0 spiro atoms. The second-order valence-corrected chi connectivity index (χ2v) is 7.24. The molecule has 0 saturated heterocycles. The molecule has 1 aromatic carbocycles. The molecule has 4 nitrogen and oxygen atoms in total. The van der Waals surface area contributed by atoms with E-state index in [1.807, 2.05) is 12.1 Å². The number of rotatable bonds is 7. The van der Waals surface area contributed by atoms with Gasteiger partial charge in [0.15, 0.2) is 0 Å². The Kier molecular flexibility index (Phi) is 6.99. The van der Waals surface area contributed by atoms with Gasteiger partial charge in [0.25, 0.3) is 0 Å². The third-order valence-electron chi connectivity index (χ3n) is 4.14. The van der Waals surface area contributed by atoms with Crippen LogP contribution in [0.15, 0.2) is 48.8 Å². The summed E-state index contributed by atoms with van der Waals surface area (Å²) in [6.45, 7) is 9.18. The molecule has 0 aliphatic rings. The zero-order valence-corrected chi connectivity index (χ0v) is 15.6. The van der Waals surface area contributed by atoms with Crippen molar-refractivity contribution in [3.05, 3.63) is 65.5 Å². The molecule has 0 fully saturated rings. The number of nitrogens with zero attached hydrogens (tertiary/aromatic N) is 1. The lowest BCUT2D eigenvalue weighted by Crippen LogP contribution is -2.39. The topological polar surface area (TPSA) is 54.0 Å². The van der Waals surface area contributed by atoms with Crippen molar-refractivity contribution in [2.75, 3.05) is 0 Å². The number of carbonyl (C=O) groups is 1. The summed E-state index contributed by atoms with van der Waals surface area (Å²) in [6.07, 6.45) is 4.53. The maximum Gasteiger partial charge on any atom is 0.315 e. The van der Waals surface area contributed by atoms with E-state index in [0.29, 0.717) is 18.4 Å². The molecule has 2 N–H and O–H groups in total. The molecule has 1 heterocycles. The summed E-state index contributed by atoms with van der Waals surface area (Å²) in [5, 5.41) is 6.01. The van der Waals surface area contributed by atoms with Crippen LogP contribution in [-0.4, -0.2) is 11.0 Å². The number of amides is 2. The number of benzene rings is 1. The molecule has 2 amide bonds. The van der Waals surface area contributed by atoms with E-state index in [1.165, 1.54) is 5.56 Å². The van der Waals surface area contributed by atoms with Gasteiger partial charge in [0, 0.05) is 18.9 Å². The van der Waals surface area contributed by atoms with Crippen LogP contribution in [0.1, 0.15) is 50.4 Å². The fraction of sp³-hybridized carbons (Fsp3) is 0.429. The molecular weight excluding hydrogens is 310 g/mol. The van der Waals surface area contributed by atoms with Crippen LogP contribution in [0.25, 0.3) is 0 Å². The van der Waals surface area contributed by atoms with E-state index in [1.54, 1.807) is 12.4 Å². The molecule has 0 unspecified atom stereocenters. The zero-order valence-electron chi connectivity index (χ0n) is 15.6. The highest BCUT2D eigenvalue weighted by Gasteiger charge is 2.18. The summed E-state index contributed by atoms with van der Waals surface area (Å²) >= 11 is 0. The lowest BCUT2D eigenvalue weighted by molar-refractivity contribution is 0.232. The molecule has 4 heteroatoms. The molecule has 1 aromatic heterocycles. The zero-order chi connectivity index (χ0) is 18.2. The first-order valence-corrected chi connectivity index (χ1v) is 8.97. The summed E-state index contributed by atoms with van der Waals surface area (Å²) in [5.41, 5.74) is 3.51. The maximum absolute atomic E-state index is 12.3. The Balaban J connectivity index is 1.96. The van der Waals surface area contributed by atoms with E-state index < -0.39 is 0 Å². The highest BCUT2D eigenvalue weighted by molar-refractivity contribution is 5.74. The van der Waals surface area contributed by atoms with Gasteiger partial charge in [0.1, 0.15) is 0 Å². The van der Waals surface area contributed by atoms with Gasteiger partial charge in [-0.3, -0.25) is 4.98 Å². The van der Waals surface area contributed by atoms with Crippen molar-refractivity contribution >= 4 is 6.03 Å². The average molecular weight is 339 g/mol. The number of urea groups is 1. The molecule has 0 aliphatic carbocycles. The number of aromatic nitrogens is 1. The fourth-order valence-electron chi connectivity index (χ4n) is 2.84. The molecule has 0 aliphatic heterocycles. The van der Waals surface area contributed by atoms with Gasteiger partial charge in [-0.25, -0.2) is 4.79 Å². The molecule has 2 aromatic rings. The molecule has 0 saturated carbocycles. The molecule has 134 valence electrons. The SMILES string of the molecule is CC(C)Cc1ccc([C@@H](NC(=O)NCc2ccncc2)C(C)C)cc1. The summed E-state index contributed by atoms with van der Waals surface area (Å²) in [6, 6.07) is 12.2. The Hall–Kier alpha value is -2.36. The first-order valence-electron chi connectivity index (χ1n) is 8.97. The minimum atomic E-state index is -0.151. The Bertz CT molecular complexity index is 651. The van der Waals surface area contributed by atoms with E-state index in [0.717, 1.165) is 17.5 Å². The molecule has 2 rings (SSSR count). The van der Waals surface area contributed by atoms with Crippen LogP contribution >= 0.6 is 0 Å². The van der Waals surface area contributed by atoms with Crippen LogP contribution < -0.4 is 10.6 Å². The Labute approximate surface area is 151 Å². The molecule has 0 bridgehead atoms. The van der Waals surface area contributed by atoms with E-state index in [-0.39, 0.29) is 12.1 Å². The maximum atomic E-state index is 12.3. The van der Waals surface area contributed by atoms with Crippen molar-refractivity contribution in [2.45, 2.75) is 46.7 Å². The lowest BCUT2D eigenvalue weighted by atomic mass is 9.94. The van der Waals surface area contributed by atoms with Crippen LogP contribution in [0.3, 0.4) is 0 Å². The fourth-order valence-corrected chi connectivity index (χ4v) is 2.84. The van der Waals surface area contributed by atoms with Crippen molar-refractivity contribution in [1.29, 1.82) is 0 Å². The number of hydrogen-bond donors (Lipinski definition) is 2. The van der Waals surface area contributed by atoms with E-state index in [4.69, 9.17) is 0 Å². The largest absolute Gasteiger partial charge is 0.334 e. The number of pyridine rings is 1. The van der Waals surface area contributed by atoms with Crippen molar-refractivity contribution in [3.63, 3.8) is 0 Å². The average Bonchev–Trinajstić information content (AvgIpc) is 2.59. The quantitative estimate of drug-likeness (QED) is 0.781. The minimum absolute atomic E-state index is 0.00876. The van der Waals surface area contributed by atoms with Gasteiger partial charge < -0.3 is 10.6 Å². The van der Waals surface area contributed by atoms with Gasteiger partial charge in [-0.15, -0.1) is 0 Å². The highest BCUT2D eigenvalue weighted by atomic mass is 16.2. The number of nitrogens with one attached hydrogen (secondary N) is 2. The molecular formula is C21H29N3O. The Morgan fingerprint density at radius 3 is 2.16 bits per heavy atom. The summed E-state index contributed by atoms with van der Waals surface area (Å²) < 4.78 is 0. The minimum Gasteiger partial charge on any atom is -0.334 e. The summed E-state index contributed by atoms with van der Waals surface area (Å²) in [7, 11) is 0. The van der Waals surface area contributed by atoms with Crippen LogP contribution in [0.4, 0.5) is 4.79 Å². The number of carbonyl (C=O) groups excluding carboxylic acids is 1. The van der Waals surface area contributed by atoms with E-state index in [9.17, 15) is 4.79 Å². The van der Waals surface area contributed by atoms with E-state index >= 15 is 0 Å². The molecule has 0 radical (unpaired) electrons. The monoisotopic (exact) mass is 339 g/mol. The lowest BCUT2D eigenvalue weighted by Gasteiger charge is -2.23. The molecule has 1 atom stereocenters. The van der Waals surface area contributed by atoms with Gasteiger partial charge >= 0.3 is 6.03 Å². The van der Waals surface area contributed by atoms with Crippen molar-refractivity contribution in [3.8, 4) is 0 Å². The van der Waals surface area contributed by atoms with Crippen LogP contribution in [0.5, 0.6) is 0 Å². The van der Waals surface area contributed by atoms with Crippen molar-refractivity contribution in [2.24, 2.45) is 11.8 Å². The van der Waals surface area contributed by atoms with E-state index in [2.05, 4.69) is 67.6 Å². The number of hydrogen-bond acceptors (Lipinski definition) is 2. The second kappa shape index (κ2) is 9.21. The van der Waals surface area contributed by atoms with Gasteiger partial charge in [0.2, 0.25) is 0 Å². The first-order chi connectivity index (χ1) is 12.0. The molecule has 25 heavy (non-hydrogen) atoms. The summed E-state index contributed by atoms with van der Waals surface area (Å²) in [4.78, 5) is 16.3. The third kappa shape index (κ3) is 6.22. The van der Waals surface area contributed by atoms with Crippen molar-refractivity contribution in [1.82, 2.24) is 15.6 Å². The second-order valence-electron chi connectivity index (χ2n) is 7.24. The standard InChI is InChI=1S/C21H29N3O/c1-15(2)13-17-5-7-19(8-6-17)20(16(3)4)24-21(25)23-14-18-9-11-22-12-10-18/h5-12,15-16,20H,13-14H2,1-4H3,(H2,23,24,25)/t20-/m0/s1. The van der Waals surface area contributed by atoms with Gasteiger partial charge in [-0.1, -0.05) is 52.0 Å². The van der Waals surface area contributed by atoms with Gasteiger partial charge in [0.05, 0.1) is 6.04 Å². The van der Waals surface area contributed by atoms with Gasteiger partial charge in [-0.2, -0.15) is 0 Å². The first kappa shape index (κ1) is 19.0. The third-order valence-corrected chi connectivity index (χ3v) is 4.14. The predicted molar refractivity (Wildman–Crippen MR) is 102 cm³/mol. The predicted octanol–water partition coefficient (Wildman–Crippen LogP) is 4.48. The van der Waals surface area contributed by atoms with Crippen LogP contribution in [0.2, 0.25) is 0 Å². The van der Waals surface area contributed by atoms with Gasteiger partial charge in [-0.05, 0) is 47.1 Å². The van der Waals surface area contributed by atoms with Crippen LogP contribution in [0, 0.1) is 11.8 Å².